The Morgan fingerprint density at radius 1 is 1.13 bits per heavy atom. The Hall–Kier alpha value is -1.55. The lowest BCUT2D eigenvalue weighted by atomic mass is 9.90. The van der Waals surface area contributed by atoms with Gasteiger partial charge in [0.25, 0.3) is 0 Å². The monoisotopic (exact) mass is 316 g/mol. The second-order valence-electron chi connectivity index (χ2n) is 6.89. The summed E-state index contributed by atoms with van der Waals surface area (Å²) in [5, 5.41) is 3.09. The summed E-state index contributed by atoms with van der Waals surface area (Å²) < 4.78 is 5.47. The first-order valence-corrected chi connectivity index (χ1v) is 8.95. The normalized spacial score (nSPS) is 22.8. The van der Waals surface area contributed by atoms with Crippen molar-refractivity contribution in [3.05, 3.63) is 35.9 Å². The SMILES string of the molecule is O=C(NC[C@@H]1CCCOC1)N1CCC(Cc2ccccc2)CC1. The second-order valence-corrected chi connectivity index (χ2v) is 6.89. The van der Waals surface area contributed by atoms with Gasteiger partial charge in [0.2, 0.25) is 0 Å². The van der Waals surface area contributed by atoms with Gasteiger partial charge in [-0.25, -0.2) is 4.79 Å². The van der Waals surface area contributed by atoms with Crippen LogP contribution in [0.25, 0.3) is 0 Å². The van der Waals surface area contributed by atoms with Gasteiger partial charge in [0.1, 0.15) is 0 Å². The molecule has 0 radical (unpaired) electrons. The lowest BCUT2D eigenvalue weighted by Crippen LogP contribution is -2.46. The number of carbonyl (C=O) groups is 1. The average molecular weight is 316 g/mol. The zero-order chi connectivity index (χ0) is 15.9. The molecule has 0 spiro atoms. The molecular weight excluding hydrogens is 288 g/mol. The number of hydrogen-bond acceptors (Lipinski definition) is 2. The summed E-state index contributed by atoms with van der Waals surface area (Å²) in [4.78, 5) is 14.3. The van der Waals surface area contributed by atoms with Crippen LogP contribution in [0.5, 0.6) is 0 Å². The van der Waals surface area contributed by atoms with Crippen LogP contribution in [0.3, 0.4) is 0 Å². The van der Waals surface area contributed by atoms with E-state index in [0.717, 1.165) is 58.5 Å². The van der Waals surface area contributed by atoms with Gasteiger partial charge in [-0.05, 0) is 49.5 Å². The summed E-state index contributed by atoms with van der Waals surface area (Å²) >= 11 is 0. The maximum Gasteiger partial charge on any atom is 0.317 e. The predicted molar refractivity (Wildman–Crippen MR) is 91.4 cm³/mol. The predicted octanol–water partition coefficient (Wildman–Crippen LogP) is 3.08. The minimum absolute atomic E-state index is 0.105. The van der Waals surface area contributed by atoms with E-state index in [4.69, 9.17) is 4.74 Å². The number of urea groups is 1. The highest BCUT2D eigenvalue weighted by Gasteiger charge is 2.23. The number of ether oxygens (including phenoxy) is 1. The second kappa shape index (κ2) is 8.34. The van der Waals surface area contributed by atoms with Gasteiger partial charge in [0.15, 0.2) is 0 Å². The Kier molecular flexibility index (Phi) is 5.92. The first-order valence-electron chi connectivity index (χ1n) is 8.95. The number of benzene rings is 1. The minimum Gasteiger partial charge on any atom is -0.381 e. The summed E-state index contributed by atoms with van der Waals surface area (Å²) in [6.07, 6.45) is 5.63. The lowest BCUT2D eigenvalue weighted by Gasteiger charge is -2.32. The van der Waals surface area contributed by atoms with E-state index in [9.17, 15) is 4.79 Å². The third-order valence-corrected chi connectivity index (χ3v) is 5.07. The molecule has 2 saturated heterocycles. The third-order valence-electron chi connectivity index (χ3n) is 5.07. The van der Waals surface area contributed by atoms with Crippen LogP contribution in [0.15, 0.2) is 30.3 Å². The molecule has 2 fully saturated rings. The van der Waals surface area contributed by atoms with Crippen LogP contribution in [0.4, 0.5) is 4.79 Å². The van der Waals surface area contributed by atoms with E-state index in [1.807, 2.05) is 4.90 Å². The van der Waals surface area contributed by atoms with Crippen molar-refractivity contribution in [1.29, 1.82) is 0 Å². The lowest BCUT2D eigenvalue weighted by molar-refractivity contribution is 0.0549. The molecule has 0 bridgehead atoms. The number of likely N-dealkylation sites (tertiary alicyclic amines) is 1. The molecule has 126 valence electrons. The molecule has 2 amide bonds. The zero-order valence-corrected chi connectivity index (χ0v) is 13.9. The zero-order valence-electron chi connectivity index (χ0n) is 13.9. The van der Waals surface area contributed by atoms with Crippen LogP contribution in [-0.4, -0.2) is 43.8 Å². The van der Waals surface area contributed by atoms with Gasteiger partial charge < -0.3 is 15.0 Å². The molecule has 0 aromatic heterocycles. The Bertz CT molecular complexity index is 477. The van der Waals surface area contributed by atoms with Crippen LogP contribution in [0.1, 0.15) is 31.2 Å². The molecule has 1 aromatic carbocycles. The molecule has 1 N–H and O–H groups in total. The topological polar surface area (TPSA) is 41.6 Å². The standard InChI is InChI=1S/C19H28N2O2/c22-19(20-14-18-7-4-12-23-15-18)21-10-8-17(9-11-21)13-16-5-2-1-3-6-16/h1-3,5-6,17-18H,4,7-15H2,(H,20,22)/t18-/m0/s1. The van der Waals surface area contributed by atoms with Crippen molar-refractivity contribution in [3.8, 4) is 0 Å². The molecule has 0 aliphatic carbocycles. The van der Waals surface area contributed by atoms with Gasteiger partial charge in [-0.15, -0.1) is 0 Å². The molecule has 1 aromatic rings. The van der Waals surface area contributed by atoms with Crippen LogP contribution in [0, 0.1) is 11.8 Å². The number of nitrogens with zero attached hydrogens (tertiary/aromatic N) is 1. The number of rotatable bonds is 4. The molecule has 4 heteroatoms. The molecule has 2 aliphatic heterocycles. The molecule has 3 rings (SSSR count). The van der Waals surface area contributed by atoms with Crippen molar-refractivity contribution in [2.24, 2.45) is 11.8 Å². The Morgan fingerprint density at radius 3 is 2.61 bits per heavy atom. The van der Waals surface area contributed by atoms with E-state index < -0.39 is 0 Å². The fourth-order valence-corrected chi connectivity index (χ4v) is 3.60. The quantitative estimate of drug-likeness (QED) is 0.927. The van der Waals surface area contributed by atoms with Crippen molar-refractivity contribution in [2.75, 3.05) is 32.8 Å². The smallest absolute Gasteiger partial charge is 0.317 e. The largest absolute Gasteiger partial charge is 0.381 e. The van der Waals surface area contributed by atoms with Crippen molar-refractivity contribution < 1.29 is 9.53 Å². The van der Waals surface area contributed by atoms with Crippen molar-refractivity contribution in [2.45, 2.75) is 32.1 Å². The van der Waals surface area contributed by atoms with Crippen LogP contribution >= 0.6 is 0 Å². The molecule has 4 nitrogen and oxygen atoms in total. The molecule has 23 heavy (non-hydrogen) atoms. The van der Waals surface area contributed by atoms with Gasteiger partial charge in [-0.3, -0.25) is 0 Å². The highest BCUT2D eigenvalue weighted by Crippen LogP contribution is 2.21. The van der Waals surface area contributed by atoms with E-state index in [1.54, 1.807) is 0 Å². The maximum atomic E-state index is 12.3. The maximum absolute atomic E-state index is 12.3. The summed E-state index contributed by atoms with van der Waals surface area (Å²) in [5.74, 6) is 1.19. The summed E-state index contributed by atoms with van der Waals surface area (Å²) in [7, 11) is 0. The Morgan fingerprint density at radius 2 is 1.91 bits per heavy atom. The minimum atomic E-state index is 0.105. The summed E-state index contributed by atoms with van der Waals surface area (Å²) in [6.45, 7) is 4.18. The summed E-state index contributed by atoms with van der Waals surface area (Å²) in [5.41, 5.74) is 1.41. The highest BCUT2D eigenvalue weighted by atomic mass is 16.5. The third kappa shape index (κ3) is 4.96. The van der Waals surface area contributed by atoms with E-state index in [0.29, 0.717) is 11.8 Å². The highest BCUT2D eigenvalue weighted by molar-refractivity contribution is 5.74. The number of amides is 2. The van der Waals surface area contributed by atoms with Gasteiger partial charge in [-0.2, -0.15) is 0 Å². The molecule has 2 aliphatic rings. The Labute approximate surface area is 139 Å². The molecule has 1 atom stereocenters. The van der Waals surface area contributed by atoms with Gasteiger partial charge in [0, 0.05) is 26.2 Å². The number of hydrogen-bond donors (Lipinski definition) is 1. The average Bonchev–Trinajstić information content (AvgIpc) is 2.62. The molecular formula is C19H28N2O2. The molecule has 2 heterocycles. The fourth-order valence-electron chi connectivity index (χ4n) is 3.60. The van der Waals surface area contributed by atoms with Gasteiger partial charge in [-0.1, -0.05) is 30.3 Å². The van der Waals surface area contributed by atoms with E-state index in [1.165, 1.54) is 12.0 Å². The molecule has 0 saturated carbocycles. The molecule has 0 unspecified atom stereocenters. The number of piperidine rings is 1. The van der Waals surface area contributed by atoms with Crippen LogP contribution < -0.4 is 5.32 Å². The number of carbonyl (C=O) groups excluding carboxylic acids is 1. The van der Waals surface area contributed by atoms with E-state index >= 15 is 0 Å². The Balaban J connectivity index is 1.37. The van der Waals surface area contributed by atoms with Crippen molar-refractivity contribution >= 4 is 6.03 Å². The van der Waals surface area contributed by atoms with Gasteiger partial charge >= 0.3 is 6.03 Å². The van der Waals surface area contributed by atoms with Gasteiger partial charge in [0.05, 0.1) is 6.61 Å². The van der Waals surface area contributed by atoms with E-state index in [-0.39, 0.29) is 6.03 Å². The fraction of sp³-hybridized carbons (Fsp3) is 0.632. The first kappa shape index (κ1) is 16.3. The van der Waals surface area contributed by atoms with Crippen molar-refractivity contribution in [1.82, 2.24) is 10.2 Å². The van der Waals surface area contributed by atoms with Crippen LogP contribution in [-0.2, 0) is 11.2 Å². The van der Waals surface area contributed by atoms with Crippen molar-refractivity contribution in [3.63, 3.8) is 0 Å². The number of nitrogens with one attached hydrogen (secondary N) is 1. The first-order chi connectivity index (χ1) is 11.3. The van der Waals surface area contributed by atoms with Crippen LogP contribution in [0.2, 0.25) is 0 Å². The summed E-state index contributed by atoms with van der Waals surface area (Å²) in [6, 6.07) is 10.8. The van der Waals surface area contributed by atoms with E-state index in [2.05, 4.69) is 35.6 Å².